The Hall–Kier alpha value is -4.03. The van der Waals surface area contributed by atoms with E-state index in [9.17, 15) is 14.7 Å². The average Bonchev–Trinajstić information content (AvgIpc) is 3.41. The summed E-state index contributed by atoms with van der Waals surface area (Å²) in [5.41, 5.74) is 2.37. The van der Waals surface area contributed by atoms with Gasteiger partial charge in [-0.05, 0) is 36.2 Å². The van der Waals surface area contributed by atoms with Crippen molar-refractivity contribution >= 4 is 17.5 Å². The number of hydrogen-bond donors (Lipinski definition) is 2. The van der Waals surface area contributed by atoms with Crippen molar-refractivity contribution in [3.8, 4) is 17.3 Å². The summed E-state index contributed by atoms with van der Waals surface area (Å²) in [7, 11) is 0. The van der Waals surface area contributed by atoms with Crippen LogP contribution in [0, 0.1) is 11.3 Å². The predicted octanol–water partition coefficient (Wildman–Crippen LogP) is 2.25. The van der Waals surface area contributed by atoms with Gasteiger partial charge in [-0.2, -0.15) is 5.26 Å². The number of nitrogens with one attached hydrogen (secondary N) is 1. The molecule has 9 heteroatoms. The molecule has 3 aromatic rings. The summed E-state index contributed by atoms with van der Waals surface area (Å²) >= 11 is 0. The SMILES string of the molecule is CC(=O)Nc1ccc(-c2cn(CC3(O)CCN(C(=O)c4cccc(CC#N)c4)C3)nn2)cc1. The molecule has 0 radical (unpaired) electrons. The molecule has 1 aromatic heterocycles. The molecule has 0 spiro atoms. The largest absolute Gasteiger partial charge is 0.386 e. The molecule has 4 rings (SSSR count). The number of aliphatic hydroxyl groups is 1. The molecule has 1 saturated heterocycles. The zero-order chi connectivity index (χ0) is 23.4. The maximum absolute atomic E-state index is 12.9. The van der Waals surface area contributed by atoms with Crippen LogP contribution in [0.5, 0.6) is 0 Å². The number of rotatable bonds is 6. The van der Waals surface area contributed by atoms with E-state index in [2.05, 4.69) is 21.7 Å². The Balaban J connectivity index is 1.40. The molecule has 2 amide bonds. The lowest BCUT2D eigenvalue weighted by molar-refractivity contribution is -0.114. The van der Waals surface area contributed by atoms with Crippen molar-refractivity contribution in [3.63, 3.8) is 0 Å². The molecule has 1 aliphatic heterocycles. The quantitative estimate of drug-likeness (QED) is 0.601. The van der Waals surface area contributed by atoms with Crippen molar-refractivity contribution in [3.05, 3.63) is 65.9 Å². The Morgan fingerprint density at radius 1 is 1.24 bits per heavy atom. The van der Waals surface area contributed by atoms with E-state index in [1.54, 1.807) is 46.1 Å². The van der Waals surface area contributed by atoms with Crippen LogP contribution in [0.4, 0.5) is 5.69 Å². The van der Waals surface area contributed by atoms with Gasteiger partial charge in [-0.25, -0.2) is 4.68 Å². The number of likely N-dealkylation sites (tertiary alicyclic amines) is 1. The highest BCUT2D eigenvalue weighted by Gasteiger charge is 2.39. The fourth-order valence-electron chi connectivity index (χ4n) is 3.98. The van der Waals surface area contributed by atoms with Crippen molar-refractivity contribution in [2.45, 2.75) is 31.9 Å². The average molecular weight is 444 g/mol. The third-order valence-corrected chi connectivity index (χ3v) is 5.57. The van der Waals surface area contributed by atoms with E-state index in [1.807, 2.05) is 18.2 Å². The lowest BCUT2D eigenvalue weighted by Crippen LogP contribution is -2.39. The van der Waals surface area contributed by atoms with Gasteiger partial charge >= 0.3 is 0 Å². The van der Waals surface area contributed by atoms with Gasteiger partial charge in [0.15, 0.2) is 0 Å². The summed E-state index contributed by atoms with van der Waals surface area (Å²) in [6.45, 7) is 2.29. The van der Waals surface area contributed by atoms with Crippen LogP contribution in [0.3, 0.4) is 0 Å². The number of benzene rings is 2. The van der Waals surface area contributed by atoms with Gasteiger partial charge in [0.2, 0.25) is 5.91 Å². The van der Waals surface area contributed by atoms with Crippen molar-refractivity contribution < 1.29 is 14.7 Å². The van der Waals surface area contributed by atoms with E-state index >= 15 is 0 Å². The maximum atomic E-state index is 12.9. The first kappa shape index (κ1) is 22.2. The number of nitrogens with zero attached hydrogens (tertiary/aromatic N) is 5. The van der Waals surface area contributed by atoms with Crippen LogP contribution in [0.2, 0.25) is 0 Å². The zero-order valence-corrected chi connectivity index (χ0v) is 18.2. The molecule has 0 saturated carbocycles. The van der Waals surface area contributed by atoms with Crippen LogP contribution in [-0.2, 0) is 17.8 Å². The molecule has 9 nitrogen and oxygen atoms in total. The number of β-amino-alcohol motifs (C(OH)–C–C–N with tert-alkyl or cyclic N) is 1. The number of aromatic nitrogens is 3. The van der Waals surface area contributed by atoms with Crippen LogP contribution in [0.1, 0.15) is 29.3 Å². The maximum Gasteiger partial charge on any atom is 0.253 e. The third kappa shape index (κ3) is 5.25. The third-order valence-electron chi connectivity index (χ3n) is 5.57. The number of carbonyl (C=O) groups is 2. The summed E-state index contributed by atoms with van der Waals surface area (Å²) in [4.78, 5) is 25.7. The molecule has 1 atom stereocenters. The smallest absolute Gasteiger partial charge is 0.253 e. The second kappa shape index (κ2) is 9.22. The lowest BCUT2D eigenvalue weighted by Gasteiger charge is -2.23. The minimum absolute atomic E-state index is 0.138. The highest BCUT2D eigenvalue weighted by molar-refractivity contribution is 5.94. The molecule has 2 aromatic carbocycles. The van der Waals surface area contributed by atoms with E-state index in [1.165, 1.54) is 6.92 Å². The number of nitriles is 1. The molecule has 2 heterocycles. The minimum Gasteiger partial charge on any atom is -0.386 e. The molecule has 1 fully saturated rings. The summed E-state index contributed by atoms with van der Waals surface area (Å²) in [5.74, 6) is -0.301. The summed E-state index contributed by atoms with van der Waals surface area (Å²) < 4.78 is 1.58. The van der Waals surface area contributed by atoms with Crippen molar-refractivity contribution in [2.24, 2.45) is 0 Å². The highest BCUT2D eigenvalue weighted by Crippen LogP contribution is 2.26. The number of carbonyl (C=O) groups excluding carboxylic acids is 2. The Bertz CT molecular complexity index is 1210. The second-order valence-electron chi connectivity index (χ2n) is 8.30. The Morgan fingerprint density at radius 3 is 2.76 bits per heavy atom. The molecular formula is C24H24N6O3. The molecule has 33 heavy (non-hydrogen) atoms. The number of hydrogen-bond acceptors (Lipinski definition) is 6. The molecule has 168 valence electrons. The van der Waals surface area contributed by atoms with Gasteiger partial charge in [0.05, 0.1) is 31.8 Å². The summed E-state index contributed by atoms with van der Waals surface area (Å²) in [5, 5.41) is 31.0. The summed E-state index contributed by atoms with van der Waals surface area (Å²) in [6, 6.07) is 16.4. The van der Waals surface area contributed by atoms with Crippen LogP contribution in [0.15, 0.2) is 54.7 Å². The van der Waals surface area contributed by atoms with Crippen molar-refractivity contribution in [1.82, 2.24) is 19.9 Å². The Labute approximate surface area is 191 Å². The van der Waals surface area contributed by atoms with Crippen LogP contribution in [-0.4, -0.2) is 55.5 Å². The van der Waals surface area contributed by atoms with Crippen LogP contribution in [0.25, 0.3) is 11.3 Å². The fraction of sp³-hybridized carbons (Fsp3) is 0.292. The monoisotopic (exact) mass is 444 g/mol. The van der Waals surface area contributed by atoms with Gasteiger partial charge in [0, 0.05) is 30.3 Å². The van der Waals surface area contributed by atoms with Crippen LogP contribution < -0.4 is 5.32 Å². The van der Waals surface area contributed by atoms with Gasteiger partial charge in [-0.3, -0.25) is 9.59 Å². The van der Waals surface area contributed by atoms with Gasteiger partial charge in [-0.15, -0.1) is 5.10 Å². The fourth-order valence-corrected chi connectivity index (χ4v) is 3.98. The molecule has 1 aliphatic rings. The van der Waals surface area contributed by atoms with E-state index < -0.39 is 5.60 Å². The Kier molecular flexibility index (Phi) is 6.20. The van der Waals surface area contributed by atoms with Crippen molar-refractivity contribution in [2.75, 3.05) is 18.4 Å². The molecule has 2 N–H and O–H groups in total. The zero-order valence-electron chi connectivity index (χ0n) is 18.2. The molecule has 0 aliphatic carbocycles. The van der Waals surface area contributed by atoms with E-state index in [4.69, 9.17) is 5.26 Å². The predicted molar refractivity (Wildman–Crippen MR) is 121 cm³/mol. The normalized spacial score (nSPS) is 17.5. The number of amides is 2. The topological polar surface area (TPSA) is 124 Å². The minimum atomic E-state index is -1.11. The van der Waals surface area contributed by atoms with Gasteiger partial charge in [-0.1, -0.05) is 29.5 Å². The lowest BCUT2D eigenvalue weighted by atomic mass is 10.0. The summed E-state index contributed by atoms with van der Waals surface area (Å²) in [6.07, 6.45) is 2.42. The molecule has 0 bridgehead atoms. The number of anilines is 1. The van der Waals surface area contributed by atoms with Gasteiger partial charge in [0.1, 0.15) is 11.3 Å². The van der Waals surface area contributed by atoms with Gasteiger partial charge < -0.3 is 15.3 Å². The van der Waals surface area contributed by atoms with Crippen molar-refractivity contribution in [1.29, 1.82) is 5.26 Å². The van der Waals surface area contributed by atoms with E-state index in [0.717, 1.165) is 11.1 Å². The first-order valence-electron chi connectivity index (χ1n) is 10.6. The molecule has 1 unspecified atom stereocenters. The highest BCUT2D eigenvalue weighted by atomic mass is 16.3. The van der Waals surface area contributed by atoms with E-state index in [-0.39, 0.29) is 31.3 Å². The standard InChI is InChI=1S/C24H24N6O3/c1-17(31)26-21-7-5-19(6-8-21)22-14-30(28-27-22)16-24(33)10-12-29(15-24)23(32)20-4-2-3-18(13-20)9-11-25/h2-8,13-14,33H,9-10,12,15-16H2,1H3,(H,26,31). The Morgan fingerprint density at radius 2 is 2.03 bits per heavy atom. The van der Waals surface area contributed by atoms with Crippen LogP contribution >= 0.6 is 0 Å². The first-order chi connectivity index (χ1) is 15.8. The van der Waals surface area contributed by atoms with E-state index in [0.29, 0.717) is 29.9 Å². The van der Waals surface area contributed by atoms with Gasteiger partial charge in [0.25, 0.3) is 5.91 Å². The second-order valence-corrected chi connectivity index (χ2v) is 8.30. The first-order valence-corrected chi connectivity index (χ1v) is 10.6. The molecular weight excluding hydrogens is 420 g/mol.